The fourth-order valence-corrected chi connectivity index (χ4v) is 2.48. The van der Waals surface area contributed by atoms with Crippen LogP contribution in [0.3, 0.4) is 0 Å². The Morgan fingerprint density at radius 2 is 1.07 bits per heavy atom. The molecule has 0 aromatic heterocycles. The summed E-state index contributed by atoms with van der Waals surface area (Å²) in [4.78, 5) is 0. The molecule has 1 nitrogen and oxygen atoms in total. The van der Waals surface area contributed by atoms with Crippen LogP contribution in [0.5, 0.6) is 0 Å². The van der Waals surface area contributed by atoms with Crippen LogP contribution in [0.25, 0.3) is 23.3 Å². The van der Waals surface area contributed by atoms with Crippen molar-refractivity contribution in [3.63, 3.8) is 0 Å². The van der Waals surface area contributed by atoms with E-state index in [1.807, 2.05) is 19.9 Å². The number of hydrogen-bond acceptors (Lipinski definition) is 1. The lowest BCUT2D eigenvalue weighted by molar-refractivity contribution is 0.277. The number of methoxy groups -OCH3 is 1. The summed E-state index contributed by atoms with van der Waals surface area (Å²) in [5, 5.41) is 0. The Balaban J connectivity index is 0.000000923. The van der Waals surface area contributed by atoms with Gasteiger partial charge in [-0.15, -0.1) is 0 Å². The van der Waals surface area contributed by atoms with Crippen molar-refractivity contribution in [1.82, 2.24) is 0 Å². The van der Waals surface area contributed by atoms with Gasteiger partial charge in [0.1, 0.15) is 0 Å². The minimum absolute atomic E-state index is 1.22. The highest BCUT2D eigenvalue weighted by atomic mass is 16.4. The smallest absolute Gasteiger partial charge is 0.0351 e. The largest absolute Gasteiger partial charge is 0.388 e. The molecule has 0 atom stereocenters. The highest BCUT2D eigenvalue weighted by Crippen LogP contribution is 2.20. The molecule has 0 radical (unpaired) electrons. The fraction of sp³-hybridized carbons (Fsp3) is 0.310. The Bertz CT molecular complexity index is 813. The molecule has 3 aromatic rings. The molecule has 0 fully saturated rings. The van der Waals surface area contributed by atoms with Crippen molar-refractivity contribution in [3.8, 4) is 11.1 Å². The number of hydrogen-bond donors (Lipinski definition) is 0. The van der Waals surface area contributed by atoms with Crippen LogP contribution < -0.4 is 0 Å². The second-order valence-corrected chi connectivity index (χ2v) is 6.78. The lowest BCUT2D eigenvalue weighted by Crippen LogP contribution is -1.81. The standard InChI is InChI=1S/C22H20.C3H8.C2H6O.C2H6/c1-17-8-9-20(16-18(17)2)11-10-19-12-14-22(15-13-19)21-6-4-3-5-7-21;2*1-3-2;1-2/h3-16H,1-2H3;3H2,1-2H3;1-2H3;1-2H3/b11-10+;;;. The third kappa shape index (κ3) is 10.8. The molecule has 0 aliphatic carbocycles. The van der Waals surface area contributed by atoms with Gasteiger partial charge in [0.05, 0.1) is 0 Å². The summed E-state index contributed by atoms with van der Waals surface area (Å²) in [6, 6.07) is 25.7. The number of rotatable bonds is 3. The molecule has 3 rings (SSSR count). The topological polar surface area (TPSA) is 9.23 Å². The number of ether oxygens (including phenoxy) is 1. The van der Waals surface area contributed by atoms with Gasteiger partial charge >= 0.3 is 0 Å². The monoisotopic (exact) mass is 404 g/mol. The van der Waals surface area contributed by atoms with Crippen molar-refractivity contribution in [2.24, 2.45) is 0 Å². The highest BCUT2D eigenvalue weighted by molar-refractivity contribution is 5.72. The van der Waals surface area contributed by atoms with Gasteiger partial charge in [-0.1, -0.05) is 119 Å². The van der Waals surface area contributed by atoms with E-state index in [0.717, 1.165) is 0 Å². The zero-order valence-electron chi connectivity index (χ0n) is 20.2. The Hall–Kier alpha value is -2.64. The van der Waals surface area contributed by atoms with E-state index >= 15 is 0 Å². The maximum atomic E-state index is 4.25. The maximum absolute atomic E-state index is 4.25. The lowest BCUT2D eigenvalue weighted by Gasteiger charge is -2.03. The van der Waals surface area contributed by atoms with Crippen LogP contribution in [-0.4, -0.2) is 14.2 Å². The van der Waals surface area contributed by atoms with Crippen LogP contribution in [0.1, 0.15) is 56.4 Å². The molecule has 0 N–H and O–H groups in total. The predicted octanol–water partition coefficient (Wildman–Crippen LogP) is 8.85. The van der Waals surface area contributed by atoms with E-state index in [4.69, 9.17) is 0 Å². The van der Waals surface area contributed by atoms with Crippen molar-refractivity contribution in [2.45, 2.75) is 48.0 Å². The molecule has 3 aromatic carbocycles. The van der Waals surface area contributed by atoms with E-state index in [2.05, 4.69) is 111 Å². The average molecular weight is 405 g/mol. The van der Waals surface area contributed by atoms with Crippen molar-refractivity contribution < 1.29 is 4.74 Å². The van der Waals surface area contributed by atoms with Gasteiger partial charge < -0.3 is 4.74 Å². The highest BCUT2D eigenvalue weighted by Gasteiger charge is 1.96. The van der Waals surface area contributed by atoms with Gasteiger partial charge in [-0.3, -0.25) is 0 Å². The fourth-order valence-electron chi connectivity index (χ4n) is 2.48. The second-order valence-electron chi connectivity index (χ2n) is 6.78. The first-order valence-corrected chi connectivity index (χ1v) is 10.9. The molecular formula is C29H40O. The van der Waals surface area contributed by atoms with Crippen molar-refractivity contribution in [3.05, 3.63) is 95.1 Å². The van der Waals surface area contributed by atoms with Crippen LogP contribution >= 0.6 is 0 Å². The molecule has 0 bridgehead atoms. The van der Waals surface area contributed by atoms with Gasteiger partial charge in [-0.2, -0.15) is 0 Å². The van der Waals surface area contributed by atoms with Crippen molar-refractivity contribution in [1.29, 1.82) is 0 Å². The average Bonchev–Trinajstić information content (AvgIpc) is 2.78. The molecule has 162 valence electrons. The molecule has 30 heavy (non-hydrogen) atoms. The van der Waals surface area contributed by atoms with Gasteiger partial charge in [0, 0.05) is 14.2 Å². The Morgan fingerprint density at radius 3 is 1.57 bits per heavy atom. The molecule has 0 amide bonds. The number of aryl methyl sites for hydroxylation is 2. The molecule has 0 aliphatic rings. The summed E-state index contributed by atoms with van der Waals surface area (Å²) < 4.78 is 4.25. The minimum Gasteiger partial charge on any atom is -0.388 e. The quantitative estimate of drug-likeness (QED) is 0.396. The Kier molecular flexibility index (Phi) is 15.7. The molecule has 1 heteroatoms. The zero-order valence-corrected chi connectivity index (χ0v) is 20.2. The minimum atomic E-state index is 1.22. The van der Waals surface area contributed by atoms with Crippen LogP contribution in [0.2, 0.25) is 0 Å². The maximum Gasteiger partial charge on any atom is 0.0351 e. The van der Waals surface area contributed by atoms with Gasteiger partial charge in [-0.25, -0.2) is 0 Å². The first-order chi connectivity index (χ1) is 14.5. The molecule has 0 saturated carbocycles. The summed E-state index contributed by atoms with van der Waals surface area (Å²) in [5.41, 5.74) is 7.65. The van der Waals surface area contributed by atoms with Crippen molar-refractivity contribution in [2.75, 3.05) is 14.2 Å². The van der Waals surface area contributed by atoms with E-state index in [9.17, 15) is 0 Å². The Labute approximate surface area is 185 Å². The van der Waals surface area contributed by atoms with Gasteiger partial charge in [-0.05, 0) is 47.2 Å². The van der Waals surface area contributed by atoms with Gasteiger partial charge in [0.2, 0.25) is 0 Å². The van der Waals surface area contributed by atoms with Crippen LogP contribution in [0.4, 0.5) is 0 Å². The van der Waals surface area contributed by atoms with E-state index in [0.29, 0.717) is 0 Å². The van der Waals surface area contributed by atoms with Crippen LogP contribution in [-0.2, 0) is 4.74 Å². The first-order valence-electron chi connectivity index (χ1n) is 10.9. The zero-order chi connectivity index (χ0) is 22.8. The number of benzene rings is 3. The van der Waals surface area contributed by atoms with Crippen LogP contribution in [0, 0.1) is 13.8 Å². The molecule has 0 unspecified atom stereocenters. The van der Waals surface area contributed by atoms with Crippen LogP contribution in [0.15, 0.2) is 72.8 Å². The van der Waals surface area contributed by atoms with E-state index < -0.39 is 0 Å². The van der Waals surface area contributed by atoms with E-state index in [1.165, 1.54) is 39.8 Å². The normalized spacial score (nSPS) is 9.47. The van der Waals surface area contributed by atoms with E-state index in [1.54, 1.807) is 14.2 Å². The van der Waals surface area contributed by atoms with Gasteiger partial charge in [0.15, 0.2) is 0 Å². The van der Waals surface area contributed by atoms with Crippen molar-refractivity contribution >= 4 is 12.2 Å². The molecule has 0 spiro atoms. The summed E-state index contributed by atoms with van der Waals surface area (Å²) >= 11 is 0. The SMILES string of the molecule is CC.CCC.COC.Cc1ccc(/C=C/c2ccc(-c3ccccc3)cc2)cc1C. The summed E-state index contributed by atoms with van der Waals surface area (Å²) in [6.45, 7) is 12.5. The van der Waals surface area contributed by atoms with Gasteiger partial charge in [0.25, 0.3) is 0 Å². The third-order valence-corrected chi connectivity index (χ3v) is 4.02. The lowest BCUT2D eigenvalue weighted by atomic mass is 10.0. The molecule has 0 saturated heterocycles. The summed E-state index contributed by atoms with van der Waals surface area (Å²) in [5.74, 6) is 0. The third-order valence-electron chi connectivity index (χ3n) is 4.02. The molecule has 0 aliphatic heterocycles. The summed E-state index contributed by atoms with van der Waals surface area (Å²) in [7, 11) is 3.25. The second kappa shape index (κ2) is 17.2. The first kappa shape index (κ1) is 27.4. The Morgan fingerprint density at radius 1 is 0.633 bits per heavy atom. The molecular weight excluding hydrogens is 364 g/mol. The predicted molar refractivity (Wildman–Crippen MR) is 137 cm³/mol. The van der Waals surface area contributed by atoms with E-state index in [-0.39, 0.29) is 0 Å². The molecule has 0 heterocycles. The summed E-state index contributed by atoms with van der Waals surface area (Å²) in [6.07, 6.45) is 5.59.